The van der Waals surface area contributed by atoms with E-state index in [0.29, 0.717) is 12.0 Å². The Bertz CT molecular complexity index is 453. The van der Waals surface area contributed by atoms with Gasteiger partial charge in [-0.05, 0) is 33.6 Å². The lowest BCUT2D eigenvalue weighted by Crippen LogP contribution is -2.68. The van der Waals surface area contributed by atoms with Gasteiger partial charge in [0.1, 0.15) is 0 Å². The van der Waals surface area contributed by atoms with Crippen LogP contribution in [-0.4, -0.2) is 55.7 Å². The number of sulfone groups is 1. The van der Waals surface area contributed by atoms with Crippen LogP contribution < -0.4 is 0 Å². The quantitative estimate of drug-likeness (QED) is 0.768. The van der Waals surface area contributed by atoms with E-state index >= 15 is 0 Å². The summed E-state index contributed by atoms with van der Waals surface area (Å²) < 4.78 is 29.4. The molecule has 0 aromatic carbocycles. The summed E-state index contributed by atoms with van der Waals surface area (Å²) in [6.07, 6.45) is 1.66. The predicted octanol–water partition coefficient (Wildman–Crippen LogP) is 1.06. The monoisotopic (exact) mass is 273 g/mol. The number of nitrogens with zero attached hydrogens (tertiary/aromatic N) is 1. The fourth-order valence-electron chi connectivity index (χ4n) is 3.32. The fourth-order valence-corrected chi connectivity index (χ4v) is 5.65. The minimum absolute atomic E-state index is 0.364. The molecule has 0 unspecified atom stereocenters. The molecule has 104 valence electrons. The summed E-state index contributed by atoms with van der Waals surface area (Å²) in [4.78, 5) is 2.27. The highest BCUT2D eigenvalue weighted by Gasteiger charge is 2.58. The van der Waals surface area contributed by atoms with Crippen molar-refractivity contribution in [2.45, 2.75) is 43.1 Å². The largest absolute Gasteiger partial charge is 0.380 e. The van der Waals surface area contributed by atoms with Crippen molar-refractivity contribution in [2.24, 2.45) is 5.41 Å². The second-order valence-electron chi connectivity index (χ2n) is 7.35. The summed E-state index contributed by atoms with van der Waals surface area (Å²) in [5, 5.41) is 0. The maximum Gasteiger partial charge on any atom is 0.162 e. The van der Waals surface area contributed by atoms with Gasteiger partial charge in [0.25, 0.3) is 0 Å². The highest BCUT2D eigenvalue weighted by molar-refractivity contribution is 7.94. The Kier molecular flexibility index (Phi) is 2.50. The average molecular weight is 273 g/mol. The van der Waals surface area contributed by atoms with Crippen LogP contribution in [0.25, 0.3) is 0 Å². The van der Waals surface area contributed by atoms with E-state index in [1.807, 2.05) is 20.8 Å². The van der Waals surface area contributed by atoms with Gasteiger partial charge in [-0.15, -0.1) is 0 Å². The van der Waals surface area contributed by atoms with E-state index in [9.17, 15) is 8.42 Å². The van der Waals surface area contributed by atoms with Gasteiger partial charge >= 0.3 is 0 Å². The van der Waals surface area contributed by atoms with Gasteiger partial charge in [-0.2, -0.15) is 0 Å². The molecular formula is C13H23NO3S. The van der Waals surface area contributed by atoms with E-state index in [0.717, 1.165) is 39.1 Å². The Balaban J connectivity index is 1.65. The number of hydrogen-bond donors (Lipinski definition) is 0. The second-order valence-corrected chi connectivity index (χ2v) is 10.4. The molecule has 0 amide bonds. The molecule has 2 aliphatic heterocycles. The minimum atomic E-state index is -3.04. The van der Waals surface area contributed by atoms with Crippen LogP contribution >= 0.6 is 0 Å². The van der Waals surface area contributed by atoms with Crippen molar-refractivity contribution >= 4 is 9.84 Å². The maximum atomic E-state index is 12.6. The molecule has 18 heavy (non-hydrogen) atoms. The van der Waals surface area contributed by atoms with Crippen molar-refractivity contribution in [2.75, 3.05) is 32.8 Å². The van der Waals surface area contributed by atoms with Gasteiger partial charge in [0, 0.05) is 25.0 Å². The van der Waals surface area contributed by atoms with E-state index in [-0.39, 0.29) is 0 Å². The van der Waals surface area contributed by atoms with Crippen LogP contribution in [0, 0.1) is 5.41 Å². The van der Waals surface area contributed by atoms with Crippen molar-refractivity contribution in [1.82, 2.24) is 4.90 Å². The molecule has 2 heterocycles. The molecule has 1 aliphatic carbocycles. The normalized spacial score (nSPS) is 29.7. The summed E-state index contributed by atoms with van der Waals surface area (Å²) in [6, 6.07) is 0. The molecule has 2 saturated heterocycles. The van der Waals surface area contributed by atoms with E-state index in [2.05, 4.69) is 4.90 Å². The van der Waals surface area contributed by atoms with Crippen molar-refractivity contribution in [3.63, 3.8) is 0 Å². The molecule has 3 aliphatic rings. The van der Waals surface area contributed by atoms with Crippen LogP contribution in [0.1, 0.15) is 33.6 Å². The Hall–Kier alpha value is -0.130. The van der Waals surface area contributed by atoms with Gasteiger partial charge in [-0.1, -0.05) is 0 Å². The topological polar surface area (TPSA) is 46.6 Å². The molecule has 1 spiro atoms. The van der Waals surface area contributed by atoms with Crippen molar-refractivity contribution < 1.29 is 13.2 Å². The molecule has 0 N–H and O–H groups in total. The molecule has 3 fully saturated rings. The zero-order chi connectivity index (χ0) is 13.2. The molecule has 1 saturated carbocycles. The molecule has 0 radical (unpaired) electrons. The van der Waals surface area contributed by atoms with Crippen molar-refractivity contribution in [3.8, 4) is 0 Å². The number of likely N-dealkylation sites (tertiary alicyclic amines) is 1. The highest BCUT2D eigenvalue weighted by Crippen LogP contribution is 2.48. The molecule has 0 atom stereocenters. The van der Waals surface area contributed by atoms with E-state index in [1.165, 1.54) is 0 Å². The van der Waals surface area contributed by atoms with Crippen molar-refractivity contribution in [3.05, 3.63) is 0 Å². The Morgan fingerprint density at radius 1 is 1.22 bits per heavy atom. The molecule has 5 heteroatoms. The van der Waals surface area contributed by atoms with Crippen LogP contribution in [0.4, 0.5) is 0 Å². The van der Waals surface area contributed by atoms with Crippen LogP contribution in [0.5, 0.6) is 0 Å². The predicted molar refractivity (Wildman–Crippen MR) is 70.3 cm³/mol. The van der Waals surface area contributed by atoms with Gasteiger partial charge in [-0.3, -0.25) is 0 Å². The summed E-state index contributed by atoms with van der Waals surface area (Å²) in [5.41, 5.74) is 0.364. The first kappa shape index (κ1) is 12.9. The standard InChI is InChI=1S/C13H23NO3S/c1-11(2,18(15,16)12(3)4-5-12)6-14-7-13(8-14)9-17-10-13/h4-10H2,1-3H3. The third kappa shape index (κ3) is 1.67. The number of ether oxygens (including phenoxy) is 1. The SMILES string of the molecule is CC(C)(CN1CC2(COC2)C1)S(=O)(=O)C1(C)CC1. The molecule has 3 rings (SSSR count). The second kappa shape index (κ2) is 3.49. The van der Waals surface area contributed by atoms with Crippen LogP contribution in [-0.2, 0) is 14.6 Å². The first-order valence-corrected chi connectivity index (χ1v) is 8.23. The van der Waals surface area contributed by atoms with E-state index in [1.54, 1.807) is 0 Å². The van der Waals surface area contributed by atoms with Crippen LogP contribution in [0.2, 0.25) is 0 Å². The number of rotatable bonds is 4. The van der Waals surface area contributed by atoms with Gasteiger partial charge < -0.3 is 9.64 Å². The smallest absolute Gasteiger partial charge is 0.162 e. The Morgan fingerprint density at radius 2 is 1.78 bits per heavy atom. The first-order chi connectivity index (χ1) is 8.20. The molecule has 4 nitrogen and oxygen atoms in total. The first-order valence-electron chi connectivity index (χ1n) is 6.74. The van der Waals surface area contributed by atoms with E-state index < -0.39 is 19.3 Å². The summed E-state index contributed by atoms with van der Waals surface area (Å²) in [7, 11) is -3.04. The maximum absolute atomic E-state index is 12.6. The van der Waals surface area contributed by atoms with Gasteiger partial charge in [0.15, 0.2) is 9.84 Å². The molecular weight excluding hydrogens is 250 g/mol. The number of hydrogen-bond acceptors (Lipinski definition) is 4. The summed E-state index contributed by atoms with van der Waals surface area (Å²) >= 11 is 0. The highest BCUT2D eigenvalue weighted by atomic mass is 32.2. The lowest BCUT2D eigenvalue weighted by Gasteiger charge is -2.56. The Morgan fingerprint density at radius 3 is 2.17 bits per heavy atom. The zero-order valence-corrected chi connectivity index (χ0v) is 12.3. The van der Waals surface area contributed by atoms with Gasteiger partial charge in [-0.25, -0.2) is 8.42 Å². The third-order valence-corrected chi connectivity index (χ3v) is 8.16. The van der Waals surface area contributed by atoms with Gasteiger partial charge in [0.2, 0.25) is 0 Å². The van der Waals surface area contributed by atoms with Crippen LogP contribution in [0.3, 0.4) is 0 Å². The molecule has 0 bridgehead atoms. The zero-order valence-electron chi connectivity index (χ0n) is 11.5. The third-order valence-electron chi connectivity index (χ3n) is 4.87. The summed E-state index contributed by atoms with van der Waals surface area (Å²) in [6.45, 7) is 10.0. The summed E-state index contributed by atoms with van der Waals surface area (Å²) in [5.74, 6) is 0. The fraction of sp³-hybridized carbons (Fsp3) is 1.00. The lowest BCUT2D eigenvalue weighted by atomic mass is 9.77. The molecule has 0 aromatic rings. The van der Waals surface area contributed by atoms with Crippen LogP contribution in [0.15, 0.2) is 0 Å². The average Bonchev–Trinajstić information content (AvgIpc) is 2.87. The van der Waals surface area contributed by atoms with E-state index in [4.69, 9.17) is 4.74 Å². The molecule has 0 aromatic heterocycles. The van der Waals surface area contributed by atoms with Crippen molar-refractivity contribution in [1.29, 1.82) is 0 Å². The minimum Gasteiger partial charge on any atom is -0.380 e. The van der Waals surface area contributed by atoms with Gasteiger partial charge in [0.05, 0.1) is 22.7 Å². The lowest BCUT2D eigenvalue weighted by molar-refractivity contribution is -0.189. The Labute approximate surface area is 110 Å².